The standard InChI is InChI=1S/C63H116O12S/c1-3-5-7-9-11-13-15-17-19-21-23-25-27-29-30-32-34-36-38-40-42-44-46-48-50-52-59(65)73-57(56-72-63-61(67)62(75-76(68,69)70)60(66)58(54-64)74-63)55-71-53-51-49-47-45-43-41-39-37-35-33-31-28-26-24-22-20-18-16-14-12-10-8-6-4-2/h5,7,11,13,17,19,23,25,57-58,60-64,66-67H,3-4,6,8-10,12,14-16,18,20-22,24,26-56H2,1-2H3,(H,68,69,70)/b7-5-,13-11-,19-17-,25-23-. The monoisotopic (exact) mass is 1100 g/mol. The Morgan fingerprint density at radius 1 is 0.513 bits per heavy atom. The number of aliphatic hydroxyl groups is 3. The van der Waals surface area contributed by atoms with E-state index in [1.807, 2.05) is 0 Å². The highest BCUT2D eigenvalue weighted by Gasteiger charge is 2.48. The van der Waals surface area contributed by atoms with Crippen LogP contribution < -0.4 is 0 Å². The Morgan fingerprint density at radius 3 is 1.33 bits per heavy atom. The molecule has 0 aliphatic carbocycles. The predicted octanol–water partition coefficient (Wildman–Crippen LogP) is 16.2. The third-order valence-corrected chi connectivity index (χ3v) is 14.9. The molecule has 13 heteroatoms. The minimum Gasteiger partial charge on any atom is -0.457 e. The number of ether oxygens (including phenoxy) is 4. The van der Waals surface area contributed by atoms with E-state index in [0.29, 0.717) is 13.0 Å². The molecule has 76 heavy (non-hydrogen) atoms. The van der Waals surface area contributed by atoms with Gasteiger partial charge >= 0.3 is 16.4 Å². The summed E-state index contributed by atoms with van der Waals surface area (Å²) in [6.45, 7) is 3.94. The molecular formula is C63H116O12S. The lowest BCUT2D eigenvalue weighted by Gasteiger charge is -2.41. The van der Waals surface area contributed by atoms with Gasteiger partial charge < -0.3 is 34.3 Å². The highest BCUT2D eigenvalue weighted by Crippen LogP contribution is 2.26. The number of rotatable bonds is 56. The maximum absolute atomic E-state index is 13.0. The van der Waals surface area contributed by atoms with Crippen molar-refractivity contribution in [1.29, 1.82) is 0 Å². The first kappa shape index (κ1) is 72.1. The number of carbonyl (C=O) groups excluding carboxylic acids is 1. The van der Waals surface area contributed by atoms with Gasteiger partial charge in [-0.15, -0.1) is 0 Å². The molecule has 0 aromatic rings. The van der Waals surface area contributed by atoms with Gasteiger partial charge in [0.25, 0.3) is 0 Å². The molecule has 4 N–H and O–H groups in total. The van der Waals surface area contributed by atoms with Crippen LogP contribution in [0.2, 0.25) is 0 Å². The van der Waals surface area contributed by atoms with Gasteiger partial charge in [0.15, 0.2) is 6.29 Å². The number of unbranched alkanes of at least 4 members (excludes halogenated alkanes) is 35. The van der Waals surface area contributed by atoms with Gasteiger partial charge in [-0.1, -0.05) is 274 Å². The van der Waals surface area contributed by atoms with Crippen molar-refractivity contribution in [3.05, 3.63) is 48.6 Å². The van der Waals surface area contributed by atoms with E-state index < -0.39 is 59.8 Å². The number of esters is 1. The van der Waals surface area contributed by atoms with Crippen molar-refractivity contribution >= 4 is 16.4 Å². The van der Waals surface area contributed by atoms with E-state index in [1.54, 1.807) is 0 Å². The predicted molar refractivity (Wildman–Crippen MR) is 313 cm³/mol. The summed E-state index contributed by atoms with van der Waals surface area (Å²) in [7, 11) is -5.07. The van der Waals surface area contributed by atoms with Gasteiger partial charge in [0.05, 0.1) is 19.8 Å². The lowest BCUT2D eigenvalue weighted by atomic mass is 9.99. The summed E-state index contributed by atoms with van der Waals surface area (Å²) in [5.74, 6) is -0.396. The van der Waals surface area contributed by atoms with Crippen LogP contribution in [0.3, 0.4) is 0 Å². The minimum atomic E-state index is -5.07. The second-order valence-electron chi connectivity index (χ2n) is 21.6. The Morgan fingerprint density at radius 2 is 0.908 bits per heavy atom. The summed E-state index contributed by atoms with van der Waals surface area (Å²) in [6.07, 6.45) is 60.1. The zero-order valence-corrected chi connectivity index (χ0v) is 49.4. The van der Waals surface area contributed by atoms with Crippen molar-refractivity contribution in [2.24, 2.45) is 0 Å². The Kier molecular flexibility index (Phi) is 50.9. The summed E-state index contributed by atoms with van der Waals surface area (Å²) >= 11 is 0. The zero-order chi connectivity index (χ0) is 55.3. The van der Waals surface area contributed by atoms with Gasteiger partial charge in [0.2, 0.25) is 0 Å². The molecule has 6 atom stereocenters. The molecule has 0 aromatic carbocycles. The van der Waals surface area contributed by atoms with E-state index in [0.717, 1.165) is 64.2 Å². The second kappa shape index (κ2) is 53.7. The van der Waals surface area contributed by atoms with Crippen LogP contribution in [0.25, 0.3) is 0 Å². The van der Waals surface area contributed by atoms with E-state index in [4.69, 9.17) is 18.9 Å². The average Bonchev–Trinajstić information content (AvgIpc) is 3.40. The average molecular weight is 1100 g/mol. The molecule has 1 heterocycles. The maximum atomic E-state index is 13.0. The van der Waals surface area contributed by atoms with Crippen molar-refractivity contribution in [2.75, 3.05) is 26.4 Å². The molecule has 1 rings (SSSR count). The fourth-order valence-corrected chi connectivity index (χ4v) is 10.3. The molecule has 1 fully saturated rings. The molecule has 1 aliphatic rings. The van der Waals surface area contributed by atoms with Crippen LogP contribution in [0.5, 0.6) is 0 Å². The number of allylic oxidation sites excluding steroid dienone is 8. The first-order valence-electron chi connectivity index (χ1n) is 31.4. The highest BCUT2D eigenvalue weighted by molar-refractivity contribution is 7.80. The molecule has 446 valence electrons. The second-order valence-corrected chi connectivity index (χ2v) is 22.7. The van der Waals surface area contributed by atoms with Crippen molar-refractivity contribution in [2.45, 2.75) is 320 Å². The van der Waals surface area contributed by atoms with Crippen molar-refractivity contribution < 1.29 is 56.2 Å². The van der Waals surface area contributed by atoms with Gasteiger partial charge in [0.1, 0.15) is 30.5 Å². The van der Waals surface area contributed by atoms with E-state index in [9.17, 15) is 33.1 Å². The van der Waals surface area contributed by atoms with E-state index in [2.05, 4.69) is 66.6 Å². The van der Waals surface area contributed by atoms with Crippen LogP contribution in [0.15, 0.2) is 48.6 Å². The fraction of sp³-hybridized carbons (Fsp3) is 0.857. The van der Waals surface area contributed by atoms with Crippen LogP contribution in [-0.2, 0) is 38.3 Å². The third kappa shape index (κ3) is 45.9. The third-order valence-electron chi connectivity index (χ3n) is 14.5. The number of aliphatic hydroxyl groups excluding tert-OH is 3. The van der Waals surface area contributed by atoms with Gasteiger partial charge in [0, 0.05) is 13.0 Å². The number of hydrogen-bond acceptors (Lipinski definition) is 11. The lowest BCUT2D eigenvalue weighted by Crippen LogP contribution is -2.60. The van der Waals surface area contributed by atoms with E-state index in [1.165, 1.54) is 193 Å². The fourth-order valence-electron chi connectivity index (χ4n) is 9.79. The molecule has 12 nitrogen and oxygen atoms in total. The lowest BCUT2D eigenvalue weighted by molar-refractivity contribution is -0.301. The first-order valence-corrected chi connectivity index (χ1v) is 32.8. The molecule has 0 spiro atoms. The Labute approximate surface area is 466 Å². The molecule has 1 saturated heterocycles. The molecular weight excluding hydrogens is 981 g/mol. The largest absolute Gasteiger partial charge is 0.457 e. The normalized spacial score (nSPS) is 18.8. The van der Waals surface area contributed by atoms with Crippen molar-refractivity contribution in [3.63, 3.8) is 0 Å². The topological polar surface area (TPSA) is 178 Å². The van der Waals surface area contributed by atoms with E-state index >= 15 is 0 Å². The summed E-state index contributed by atoms with van der Waals surface area (Å²) in [5, 5.41) is 30.9. The van der Waals surface area contributed by atoms with Gasteiger partial charge in [-0.2, -0.15) is 8.42 Å². The quantitative estimate of drug-likeness (QED) is 0.0196. The van der Waals surface area contributed by atoms with Crippen LogP contribution in [0.4, 0.5) is 0 Å². The van der Waals surface area contributed by atoms with Crippen molar-refractivity contribution in [1.82, 2.24) is 0 Å². The molecule has 0 aromatic heterocycles. The zero-order valence-electron chi connectivity index (χ0n) is 48.6. The molecule has 0 amide bonds. The minimum absolute atomic E-state index is 0.0386. The first-order chi connectivity index (χ1) is 37.1. The Bertz CT molecular complexity index is 1500. The van der Waals surface area contributed by atoms with Crippen LogP contribution in [0.1, 0.15) is 284 Å². The summed E-state index contributed by atoms with van der Waals surface area (Å²) in [5.41, 5.74) is 0. The van der Waals surface area contributed by atoms with Crippen LogP contribution in [-0.4, -0.2) is 97.5 Å². The molecule has 1 aliphatic heterocycles. The van der Waals surface area contributed by atoms with Gasteiger partial charge in [-0.3, -0.25) is 9.35 Å². The van der Waals surface area contributed by atoms with Crippen LogP contribution in [0, 0.1) is 0 Å². The van der Waals surface area contributed by atoms with Gasteiger partial charge in [-0.05, 0) is 51.4 Å². The highest BCUT2D eigenvalue weighted by atomic mass is 32.3. The number of carbonyl (C=O) groups is 1. The van der Waals surface area contributed by atoms with Crippen LogP contribution >= 0.6 is 0 Å². The number of hydrogen-bond donors (Lipinski definition) is 4. The van der Waals surface area contributed by atoms with E-state index in [-0.39, 0.29) is 19.6 Å². The van der Waals surface area contributed by atoms with Gasteiger partial charge in [-0.25, -0.2) is 4.18 Å². The SMILES string of the molecule is CC/C=C\C/C=C\C/C=C\C/C=C\CCCCCCCCCCCCCCC(=O)OC(COCCCCCCCCCCCCCCCCCCCCCCCCCC)COC1OC(CO)C(O)C(OS(=O)(=O)O)C1O. The smallest absolute Gasteiger partial charge is 0.397 e. The summed E-state index contributed by atoms with van der Waals surface area (Å²) in [4.78, 5) is 13.0. The van der Waals surface area contributed by atoms with Crippen molar-refractivity contribution in [3.8, 4) is 0 Å². The molecule has 0 saturated carbocycles. The Balaban J connectivity index is 2.25. The molecule has 6 unspecified atom stereocenters. The maximum Gasteiger partial charge on any atom is 0.397 e. The summed E-state index contributed by atoms with van der Waals surface area (Å²) in [6, 6.07) is 0. The Hall–Kier alpha value is -1.94. The molecule has 0 bridgehead atoms. The summed E-state index contributed by atoms with van der Waals surface area (Å²) < 4.78 is 59.6. The molecule has 0 radical (unpaired) electrons.